The molecular formula is C30H19N. The molecule has 1 heteroatoms. The van der Waals surface area contributed by atoms with Crippen molar-refractivity contribution in [3.8, 4) is 33.5 Å². The van der Waals surface area contributed by atoms with Crippen LogP contribution in [0.2, 0.25) is 0 Å². The molecule has 0 aliphatic heterocycles. The first-order valence-electron chi connectivity index (χ1n) is 10.7. The first-order chi connectivity index (χ1) is 15.4. The van der Waals surface area contributed by atoms with Crippen LogP contribution in [0.5, 0.6) is 0 Å². The van der Waals surface area contributed by atoms with Crippen LogP contribution in [-0.2, 0) is 5.41 Å². The van der Waals surface area contributed by atoms with E-state index in [1.807, 2.05) is 12.3 Å². The zero-order chi connectivity index (χ0) is 20.4. The Morgan fingerprint density at radius 3 is 1.52 bits per heavy atom. The predicted octanol–water partition coefficient (Wildman–Crippen LogP) is 7.09. The summed E-state index contributed by atoms with van der Waals surface area (Å²) in [5.74, 6) is 0. The van der Waals surface area contributed by atoms with Crippen molar-refractivity contribution < 1.29 is 0 Å². The molecule has 1 aromatic heterocycles. The molecule has 0 amide bonds. The predicted molar refractivity (Wildman–Crippen MR) is 126 cm³/mol. The number of fused-ring (bicyclic) bond motifs is 10. The van der Waals surface area contributed by atoms with Crippen LogP contribution in [0.15, 0.2) is 115 Å². The third kappa shape index (κ3) is 2.03. The van der Waals surface area contributed by atoms with Gasteiger partial charge in [-0.2, -0.15) is 0 Å². The number of rotatable bonds is 1. The molecule has 1 nitrogen and oxygen atoms in total. The summed E-state index contributed by atoms with van der Waals surface area (Å²) >= 11 is 0. The third-order valence-electron chi connectivity index (χ3n) is 6.96. The molecule has 2 aliphatic rings. The van der Waals surface area contributed by atoms with Crippen LogP contribution < -0.4 is 0 Å². The Balaban J connectivity index is 1.64. The van der Waals surface area contributed by atoms with Crippen molar-refractivity contribution in [2.75, 3.05) is 0 Å². The van der Waals surface area contributed by atoms with E-state index < -0.39 is 0 Å². The minimum atomic E-state index is -0.288. The fourth-order valence-electron chi connectivity index (χ4n) is 5.79. The summed E-state index contributed by atoms with van der Waals surface area (Å²) in [5, 5.41) is 0. The molecule has 0 bridgehead atoms. The topological polar surface area (TPSA) is 12.9 Å². The maximum Gasteiger partial charge on any atom is 0.0725 e. The summed E-state index contributed by atoms with van der Waals surface area (Å²) in [5.41, 5.74) is 12.7. The van der Waals surface area contributed by atoms with E-state index in [-0.39, 0.29) is 5.41 Å². The number of benzene rings is 4. The third-order valence-corrected chi connectivity index (χ3v) is 6.96. The molecule has 0 fully saturated rings. The van der Waals surface area contributed by atoms with Crippen molar-refractivity contribution in [1.29, 1.82) is 0 Å². The second-order valence-corrected chi connectivity index (χ2v) is 8.36. The molecule has 31 heavy (non-hydrogen) atoms. The van der Waals surface area contributed by atoms with Gasteiger partial charge in [0.2, 0.25) is 0 Å². The van der Waals surface area contributed by atoms with Gasteiger partial charge in [-0.1, -0.05) is 91.0 Å². The largest absolute Gasteiger partial charge is 0.256 e. The van der Waals surface area contributed by atoms with Crippen LogP contribution in [0.25, 0.3) is 33.5 Å². The van der Waals surface area contributed by atoms with Gasteiger partial charge in [-0.05, 0) is 62.7 Å². The Labute approximate surface area is 181 Å². The highest BCUT2D eigenvalue weighted by Gasteiger charge is 2.51. The van der Waals surface area contributed by atoms with Gasteiger partial charge in [-0.25, -0.2) is 0 Å². The smallest absolute Gasteiger partial charge is 0.0725 e. The average molecular weight is 393 g/mol. The van der Waals surface area contributed by atoms with Crippen molar-refractivity contribution >= 4 is 0 Å². The van der Waals surface area contributed by atoms with Crippen molar-refractivity contribution in [3.63, 3.8) is 0 Å². The van der Waals surface area contributed by atoms with Crippen LogP contribution in [0.3, 0.4) is 0 Å². The molecule has 2 aliphatic carbocycles. The van der Waals surface area contributed by atoms with E-state index in [1.54, 1.807) is 0 Å². The fourth-order valence-corrected chi connectivity index (χ4v) is 5.79. The molecule has 1 heterocycles. The van der Waals surface area contributed by atoms with E-state index in [0.29, 0.717) is 0 Å². The number of hydrogen-bond donors (Lipinski definition) is 0. The quantitative estimate of drug-likeness (QED) is 0.290. The van der Waals surface area contributed by atoms with Gasteiger partial charge >= 0.3 is 0 Å². The molecular weight excluding hydrogens is 374 g/mol. The van der Waals surface area contributed by atoms with Gasteiger partial charge in [0.25, 0.3) is 0 Å². The molecule has 0 N–H and O–H groups in total. The summed E-state index contributed by atoms with van der Waals surface area (Å²) in [6.45, 7) is 0. The molecule has 5 aromatic rings. The first-order valence-corrected chi connectivity index (χ1v) is 10.7. The Hall–Kier alpha value is -3.97. The monoisotopic (exact) mass is 393 g/mol. The van der Waals surface area contributed by atoms with Crippen molar-refractivity contribution in [2.45, 2.75) is 5.41 Å². The highest BCUT2D eigenvalue weighted by atomic mass is 14.7. The number of nitrogens with zero attached hydrogens (tertiary/aromatic N) is 1. The second kappa shape index (κ2) is 6.02. The average Bonchev–Trinajstić information content (AvgIpc) is 3.32. The Bertz CT molecular complexity index is 1420. The lowest BCUT2D eigenvalue weighted by Crippen LogP contribution is -2.25. The molecule has 1 spiro atoms. The standard InChI is InChI=1S/C30H19N/c1-4-12-25-21(9-1)22-10-2-5-13-26(22)30(25)27-14-6-3-11-23(27)24-17-16-20(19-28(24)30)29-15-7-8-18-31-29/h1-19H. The van der Waals surface area contributed by atoms with Gasteiger partial charge in [0.05, 0.1) is 11.1 Å². The molecule has 0 saturated carbocycles. The van der Waals surface area contributed by atoms with Gasteiger partial charge < -0.3 is 0 Å². The van der Waals surface area contributed by atoms with Crippen molar-refractivity contribution in [3.05, 3.63) is 138 Å². The second-order valence-electron chi connectivity index (χ2n) is 8.36. The molecule has 144 valence electrons. The van der Waals surface area contributed by atoms with E-state index in [1.165, 1.54) is 44.5 Å². The lowest BCUT2D eigenvalue weighted by Gasteiger charge is -2.30. The molecule has 7 rings (SSSR count). The Kier molecular flexibility index (Phi) is 3.26. The lowest BCUT2D eigenvalue weighted by atomic mass is 9.70. The number of aromatic nitrogens is 1. The summed E-state index contributed by atoms with van der Waals surface area (Å²) < 4.78 is 0. The molecule has 0 atom stereocenters. The fraction of sp³-hybridized carbons (Fsp3) is 0.0333. The van der Waals surface area contributed by atoms with Crippen molar-refractivity contribution in [2.24, 2.45) is 0 Å². The number of pyridine rings is 1. The van der Waals surface area contributed by atoms with Gasteiger partial charge in [0.1, 0.15) is 0 Å². The number of hydrogen-bond acceptors (Lipinski definition) is 1. The summed E-state index contributed by atoms with van der Waals surface area (Å²) in [7, 11) is 0. The zero-order valence-electron chi connectivity index (χ0n) is 16.9. The Morgan fingerprint density at radius 1 is 0.452 bits per heavy atom. The summed E-state index contributed by atoms with van der Waals surface area (Å²) in [6, 6.07) is 39.7. The van der Waals surface area contributed by atoms with E-state index in [2.05, 4.69) is 108 Å². The van der Waals surface area contributed by atoms with Gasteiger partial charge in [0.15, 0.2) is 0 Å². The lowest BCUT2D eigenvalue weighted by molar-refractivity contribution is 0.794. The highest BCUT2D eigenvalue weighted by Crippen LogP contribution is 2.62. The van der Waals surface area contributed by atoms with Crippen LogP contribution >= 0.6 is 0 Å². The van der Waals surface area contributed by atoms with Crippen LogP contribution in [0, 0.1) is 0 Å². The van der Waals surface area contributed by atoms with E-state index in [9.17, 15) is 0 Å². The van der Waals surface area contributed by atoms with Crippen molar-refractivity contribution in [1.82, 2.24) is 4.98 Å². The van der Waals surface area contributed by atoms with Crippen LogP contribution in [0.4, 0.5) is 0 Å². The molecule has 0 saturated heterocycles. The molecule has 4 aromatic carbocycles. The SMILES string of the molecule is c1ccc(-c2ccc3c(c2)C2(c4ccccc4-c4ccccc42)c2ccccc2-3)nc1. The van der Waals surface area contributed by atoms with Gasteiger partial charge in [-0.15, -0.1) is 0 Å². The van der Waals surface area contributed by atoms with Crippen LogP contribution in [0.1, 0.15) is 22.3 Å². The molecule has 0 unspecified atom stereocenters. The first kappa shape index (κ1) is 16.8. The summed E-state index contributed by atoms with van der Waals surface area (Å²) in [4.78, 5) is 4.63. The highest BCUT2D eigenvalue weighted by molar-refractivity contribution is 5.95. The maximum atomic E-state index is 4.63. The van der Waals surface area contributed by atoms with E-state index >= 15 is 0 Å². The normalized spacial score (nSPS) is 14.1. The minimum Gasteiger partial charge on any atom is -0.256 e. The summed E-state index contributed by atoms with van der Waals surface area (Å²) in [6.07, 6.45) is 1.87. The zero-order valence-corrected chi connectivity index (χ0v) is 16.9. The van der Waals surface area contributed by atoms with E-state index in [0.717, 1.165) is 11.3 Å². The van der Waals surface area contributed by atoms with Gasteiger partial charge in [-0.3, -0.25) is 4.98 Å². The Morgan fingerprint density at radius 2 is 0.968 bits per heavy atom. The van der Waals surface area contributed by atoms with E-state index in [4.69, 9.17) is 0 Å². The minimum absolute atomic E-state index is 0.288. The maximum absolute atomic E-state index is 4.63. The van der Waals surface area contributed by atoms with Crippen LogP contribution in [-0.4, -0.2) is 4.98 Å². The van der Waals surface area contributed by atoms with Gasteiger partial charge in [0, 0.05) is 11.8 Å². The molecule has 0 radical (unpaired) electrons.